The van der Waals surface area contributed by atoms with Crippen molar-refractivity contribution < 1.29 is 9.90 Å². The lowest BCUT2D eigenvalue weighted by Crippen LogP contribution is -2.42. The maximum absolute atomic E-state index is 10.9. The van der Waals surface area contributed by atoms with E-state index in [-0.39, 0.29) is 0 Å². The second kappa shape index (κ2) is 3.51. The first-order valence-corrected chi connectivity index (χ1v) is 5.19. The lowest BCUT2D eigenvalue weighted by molar-refractivity contribution is -0.139. The Balaban J connectivity index is 2.39. The Morgan fingerprint density at radius 2 is 2.07 bits per heavy atom. The molecular weight excluding hydrogens is 214 g/mol. The molecule has 0 aromatic heterocycles. The number of carboxylic acids is 1. The topological polar surface area (TPSA) is 63.3 Å². The second-order valence-electron chi connectivity index (χ2n) is 3.95. The van der Waals surface area contributed by atoms with Gasteiger partial charge in [-0.15, -0.1) is 0 Å². The molecule has 1 aromatic rings. The normalized spacial score (nSPS) is 19.6. The fraction of sp³-hybridized carbons (Fsp3) is 0.364. The van der Waals surface area contributed by atoms with Crippen LogP contribution in [0.25, 0.3) is 0 Å². The van der Waals surface area contributed by atoms with Crippen LogP contribution < -0.4 is 5.73 Å². The fourth-order valence-corrected chi connectivity index (χ4v) is 2.31. The van der Waals surface area contributed by atoms with Crippen LogP contribution in [-0.4, -0.2) is 17.1 Å². The zero-order valence-electron chi connectivity index (χ0n) is 8.11. The molecule has 1 aliphatic rings. The molecule has 15 heavy (non-hydrogen) atoms. The highest BCUT2D eigenvalue weighted by molar-refractivity contribution is 6.31. The predicted molar refractivity (Wildman–Crippen MR) is 58.0 cm³/mol. The maximum Gasteiger partial charge on any atom is 0.321 e. The molecule has 1 atom stereocenters. The Morgan fingerprint density at radius 3 is 2.53 bits per heavy atom. The smallest absolute Gasteiger partial charge is 0.321 e. The van der Waals surface area contributed by atoms with Crippen molar-refractivity contribution in [1.82, 2.24) is 0 Å². The van der Waals surface area contributed by atoms with Crippen molar-refractivity contribution in [3.05, 3.63) is 34.9 Å². The van der Waals surface area contributed by atoms with Crippen LogP contribution in [0.4, 0.5) is 0 Å². The molecule has 0 spiro atoms. The van der Waals surface area contributed by atoms with Gasteiger partial charge in [0, 0.05) is 10.4 Å². The second-order valence-corrected chi connectivity index (χ2v) is 4.36. The van der Waals surface area contributed by atoms with Gasteiger partial charge >= 0.3 is 5.97 Å². The number of hydrogen-bond acceptors (Lipinski definition) is 2. The third-order valence-electron chi connectivity index (χ3n) is 3.06. The summed E-state index contributed by atoms with van der Waals surface area (Å²) < 4.78 is 0. The van der Waals surface area contributed by atoms with Crippen molar-refractivity contribution >= 4 is 17.6 Å². The lowest BCUT2D eigenvalue weighted by Gasteiger charge is -2.21. The summed E-state index contributed by atoms with van der Waals surface area (Å²) in [5, 5.41) is 9.55. The molecule has 0 heterocycles. The first-order chi connectivity index (χ1) is 7.08. The van der Waals surface area contributed by atoms with Gasteiger partial charge in [0.15, 0.2) is 0 Å². The number of benzene rings is 1. The van der Waals surface area contributed by atoms with Gasteiger partial charge in [-0.1, -0.05) is 29.8 Å². The van der Waals surface area contributed by atoms with Crippen LogP contribution in [-0.2, 0) is 10.2 Å². The van der Waals surface area contributed by atoms with Gasteiger partial charge in [-0.05, 0) is 24.5 Å². The number of nitrogens with two attached hydrogens (primary N) is 1. The summed E-state index contributed by atoms with van der Waals surface area (Å²) >= 11 is 6.05. The van der Waals surface area contributed by atoms with Crippen LogP contribution in [0.15, 0.2) is 24.3 Å². The molecule has 1 unspecified atom stereocenters. The van der Waals surface area contributed by atoms with E-state index in [1.165, 1.54) is 0 Å². The molecule has 2 rings (SSSR count). The van der Waals surface area contributed by atoms with Crippen molar-refractivity contribution in [1.29, 1.82) is 0 Å². The minimum atomic E-state index is -0.965. The van der Waals surface area contributed by atoms with E-state index in [0.29, 0.717) is 5.02 Å². The van der Waals surface area contributed by atoms with Gasteiger partial charge in [-0.3, -0.25) is 4.79 Å². The van der Waals surface area contributed by atoms with Gasteiger partial charge in [-0.2, -0.15) is 0 Å². The van der Waals surface area contributed by atoms with Gasteiger partial charge in [0.25, 0.3) is 0 Å². The Kier molecular flexibility index (Phi) is 2.44. The maximum atomic E-state index is 10.9. The zero-order valence-corrected chi connectivity index (χ0v) is 8.87. The molecular formula is C11H12ClNO2. The van der Waals surface area contributed by atoms with Crippen molar-refractivity contribution in [3.63, 3.8) is 0 Å². The zero-order chi connectivity index (χ0) is 11.1. The van der Waals surface area contributed by atoms with E-state index < -0.39 is 17.4 Å². The van der Waals surface area contributed by atoms with E-state index in [0.717, 1.165) is 18.4 Å². The van der Waals surface area contributed by atoms with Crippen LogP contribution in [0, 0.1) is 0 Å². The molecule has 1 aromatic carbocycles. The van der Waals surface area contributed by atoms with E-state index in [4.69, 9.17) is 22.4 Å². The average molecular weight is 226 g/mol. The Hall–Kier alpha value is -1.06. The minimum absolute atomic E-state index is 0.440. The fourth-order valence-electron chi connectivity index (χ4n) is 1.98. The van der Waals surface area contributed by atoms with E-state index in [1.54, 1.807) is 6.07 Å². The molecule has 1 aliphatic carbocycles. The van der Waals surface area contributed by atoms with E-state index in [9.17, 15) is 4.79 Å². The Bertz CT molecular complexity index is 401. The molecule has 0 saturated heterocycles. The number of carboxylic acid groups (broad SMARTS) is 1. The van der Waals surface area contributed by atoms with Crippen LogP contribution in [0.5, 0.6) is 0 Å². The molecule has 1 saturated carbocycles. The van der Waals surface area contributed by atoms with E-state index in [2.05, 4.69) is 0 Å². The summed E-state index contributed by atoms with van der Waals surface area (Å²) in [4.78, 5) is 10.9. The van der Waals surface area contributed by atoms with Gasteiger partial charge in [0.2, 0.25) is 0 Å². The highest BCUT2D eigenvalue weighted by atomic mass is 35.5. The summed E-state index contributed by atoms with van der Waals surface area (Å²) in [6.45, 7) is 0. The van der Waals surface area contributed by atoms with Crippen LogP contribution in [0.3, 0.4) is 0 Å². The van der Waals surface area contributed by atoms with Crippen molar-refractivity contribution in [3.8, 4) is 0 Å². The average Bonchev–Trinajstić information content (AvgIpc) is 2.98. The quantitative estimate of drug-likeness (QED) is 0.824. The lowest BCUT2D eigenvalue weighted by atomic mass is 9.88. The summed E-state index contributed by atoms with van der Waals surface area (Å²) in [7, 11) is 0. The number of halogens is 1. The van der Waals surface area contributed by atoms with Crippen LogP contribution in [0.1, 0.15) is 18.4 Å². The number of carbonyl (C=O) groups is 1. The van der Waals surface area contributed by atoms with Crippen molar-refractivity contribution in [2.75, 3.05) is 0 Å². The highest BCUT2D eigenvalue weighted by Crippen LogP contribution is 2.52. The van der Waals surface area contributed by atoms with Gasteiger partial charge < -0.3 is 10.8 Å². The molecule has 0 radical (unpaired) electrons. The van der Waals surface area contributed by atoms with Gasteiger partial charge in [0.1, 0.15) is 6.04 Å². The van der Waals surface area contributed by atoms with E-state index in [1.807, 2.05) is 18.2 Å². The molecule has 4 heteroatoms. The standard InChI is InChI=1S/C11H12ClNO2/c12-8-4-2-1-3-7(8)11(5-6-11)9(13)10(14)15/h1-4,9H,5-6,13H2,(H,14,15). The van der Waals surface area contributed by atoms with Gasteiger partial charge in [0.05, 0.1) is 0 Å². The predicted octanol–water partition coefficient (Wildman–Crippen LogP) is 1.78. The van der Waals surface area contributed by atoms with Crippen molar-refractivity contribution in [2.45, 2.75) is 24.3 Å². The first-order valence-electron chi connectivity index (χ1n) is 4.81. The third kappa shape index (κ3) is 1.62. The first kappa shape index (κ1) is 10.5. The molecule has 0 aliphatic heterocycles. The molecule has 1 fully saturated rings. The minimum Gasteiger partial charge on any atom is -0.480 e. The summed E-state index contributed by atoms with van der Waals surface area (Å²) in [6, 6.07) is 6.45. The highest BCUT2D eigenvalue weighted by Gasteiger charge is 2.53. The van der Waals surface area contributed by atoms with Crippen LogP contribution in [0.2, 0.25) is 5.02 Å². The van der Waals surface area contributed by atoms with E-state index >= 15 is 0 Å². The van der Waals surface area contributed by atoms with Crippen LogP contribution >= 0.6 is 11.6 Å². The largest absolute Gasteiger partial charge is 0.480 e. The molecule has 0 bridgehead atoms. The Labute approximate surface area is 92.8 Å². The Morgan fingerprint density at radius 1 is 1.47 bits per heavy atom. The third-order valence-corrected chi connectivity index (χ3v) is 3.39. The monoisotopic (exact) mass is 225 g/mol. The van der Waals surface area contributed by atoms with Crippen molar-refractivity contribution in [2.24, 2.45) is 5.73 Å². The number of aliphatic carboxylic acids is 1. The summed E-state index contributed by atoms with van der Waals surface area (Å²) in [5.41, 5.74) is 6.12. The molecule has 3 nitrogen and oxygen atoms in total. The number of hydrogen-bond donors (Lipinski definition) is 2. The van der Waals surface area contributed by atoms with Gasteiger partial charge in [-0.25, -0.2) is 0 Å². The summed E-state index contributed by atoms with van der Waals surface area (Å²) in [6.07, 6.45) is 1.59. The molecule has 0 amide bonds. The number of rotatable bonds is 3. The SMILES string of the molecule is NC(C(=O)O)C1(c2ccccc2Cl)CC1. The summed E-state index contributed by atoms with van der Waals surface area (Å²) in [5.74, 6) is -0.965. The molecule has 80 valence electrons. The molecule has 3 N–H and O–H groups in total.